The minimum atomic E-state index is -0.268. The van der Waals surface area contributed by atoms with Crippen molar-refractivity contribution in [3.63, 3.8) is 0 Å². The minimum Gasteiger partial charge on any atom is -0.493 e. The third kappa shape index (κ3) is 4.53. The Hall–Kier alpha value is -3.02. The number of rotatable bonds is 5. The number of ether oxygens (including phenoxy) is 2. The first kappa shape index (κ1) is 21.2. The SMILES string of the molecule is COc1ccc(C(=O)Nc2cccc(C(=O)N3CCC[C@@H]4CCCC[C@@H]43)c2)cc1OC. The van der Waals surface area contributed by atoms with E-state index in [1.807, 2.05) is 12.1 Å². The van der Waals surface area contributed by atoms with Crippen molar-refractivity contribution < 1.29 is 19.1 Å². The zero-order chi connectivity index (χ0) is 21.8. The predicted octanol–water partition coefficient (Wildman–Crippen LogP) is 4.75. The molecule has 2 aromatic rings. The number of carbonyl (C=O) groups excluding carboxylic acids is 2. The maximum Gasteiger partial charge on any atom is 0.255 e. The highest BCUT2D eigenvalue weighted by Crippen LogP contribution is 2.36. The Morgan fingerprint density at radius 3 is 2.48 bits per heavy atom. The zero-order valence-corrected chi connectivity index (χ0v) is 18.2. The number of nitrogens with zero attached hydrogens (tertiary/aromatic N) is 1. The molecule has 0 radical (unpaired) electrons. The van der Waals surface area contributed by atoms with Crippen LogP contribution in [-0.4, -0.2) is 43.5 Å². The molecule has 2 fully saturated rings. The van der Waals surface area contributed by atoms with Crippen molar-refractivity contribution in [1.82, 2.24) is 4.90 Å². The molecule has 1 aliphatic carbocycles. The van der Waals surface area contributed by atoms with Gasteiger partial charge in [0.2, 0.25) is 0 Å². The molecule has 164 valence electrons. The topological polar surface area (TPSA) is 67.9 Å². The number of likely N-dealkylation sites (tertiary alicyclic amines) is 1. The zero-order valence-electron chi connectivity index (χ0n) is 18.2. The molecule has 0 unspecified atom stereocenters. The average Bonchev–Trinajstić information content (AvgIpc) is 2.82. The summed E-state index contributed by atoms with van der Waals surface area (Å²) in [6, 6.07) is 12.6. The smallest absolute Gasteiger partial charge is 0.255 e. The Morgan fingerprint density at radius 1 is 0.903 bits per heavy atom. The van der Waals surface area contributed by atoms with E-state index >= 15 is 0 Å². The van der Waals surface area contributed by atoms with Gasteiger partial charge in [-0.15, -0.1) is 0 Å². The normalized spacial score (nSPS) is 20.5. The third-order valence-electron chi connectivity index (χ3n) is 6.52. The van der Waals surface area contributed by atoms with Gasteiger partial charge in [-0.3, -0.25) is 9.59 Å². The van der Waals surface area contributed by atoms with Crippen molar-refractivity contribution in [1.29, 1.82) is 0 Å². The van der Waals surface area contributed by atoms with Gasteiger partial charge in [0.15, 0.2) is 11.5 Å². The van der Waals surface area contributed by atoms with Crippen molar-refractivity contribution in [3.8, 4) is 11.5 Å². The number of fused-ring (bicyclic) bond motifs is 1. The summed E-state index contributed by atoms with van der Waals surface area (Å²) in [4.78, 5) is 28.1. The van der Waals surface area contributed by atoms with Crippen molar-refractivity contribution in [2.75, 3.05) is 26.1 Å². The molecule has 0 aromatic heterocycles. The Kier molecular flexibility index (Phi) is 6.44. The highest BCUT2D eigenvalue weighted by Gasteiger charge is 2.36. The molecule has 2 amide bonds. The summed E-state index contributed by atoms with van der Waals surface area (Å²) in [6.07, 6.45) is 7.12. The largest absolute Gasteiger partial charge is 0.493 e. The molecule has 1 N–H and O–H groups in total. The van der Waals surface area contributed by atoms with Crippen LogP contribution in [0.1, 0.15) is 59.2 Å². The second kappa shape index (κ2) is 9.41. The fourth-order valence-electron chi connectivity index (χ4n) is 4.95. The first-order chi connectivity index (χ1) is 15.1. The molecule has 2 atom stereocenters. The predicted molar refractivity (Wildman–Crippen MR) is 120 cm³/mol. The minimum absolute atomic E-state index is 0.0683. The fourth-order valence-corrected chi connectivity index (χ4v) is 4.95. The lowest BCUT2D eigenvalue weighted by Gasteiger charge is -2.44. The van der Waals surface area contributed by atoms with Crippen LogP contribution in [0.2, 0.25) is 0 Å². The molecule has 2 aromatic carbocycles. The number of amides is 2. The number of carbonyl (C=O) groups is 2. The van der Waals surface area contributed by atoms with E-state index in [0.717, 1.165) is 19.4 Å². The summed E-state index contributed by atoms with van der Waals surface area (Å²) in [5.74, 6) is 1.49. The average molecular weight is 423 g/mol. The van der Waals surface area contributed by atoms with Crippen LogP contribution in [0.25, 0.3) is 0 Å². The van der Waals surface area contributed by atoms with Gasteiger partial charge in [-0.25, -0.2) is 0 Å². The number of methoxy groups -OCH3 is 2. The van der Waals surface area contributed by atoms with Gasteiger partial charge in [0.05, 0.1) is 14.2 Å². The van der Waals surface area contributed by atoms with Gasteiger partial charge in [0, 0.05) is 29.4 Å². The summed E-state index contributed by atoms with van der Waals surface area (Å²) in [7, 11) is 3.09. The molecule has 1 heterocycles. The van der Waals surface area contributed by atoms with Crippen LogP contribution in [-0.2, 0) is 0 Å². The van der Waals surface area contributed by atoms with E-state index in [-0.39, 0.29) is 11.8 Å². The lowest BCUT2D eigenvalue weighted by molar-refractivity contribution is 0.0390. The molecular weight excluding hydrogens is 392 g/mol. The molecule has 6 nitrogen and oxygen atoms in total. The Bertz CT molecular complexity index is 956. The molecule has 31 heavy (non-hydrogen) atoms. The lowest BCUT2D eigenvalue weighted by atomic mass is 9.78. The van der Waals surface area contributed by atoms with Crippen molar-refractivity contribution >= 4 is 17.5 Å². The van der Waals surface area contributed by atoms with E-state index in [9.17, 15) is 9.59 Å². The lowest BCUT2D eigenvalue weighted by Crippen LogP contribution is -2.49. The molecule has 1 aliphatic heterocycles. The van der Waals surface area contributed by atoms with E-state index in [1.54, 1.807) is 37.4 Å². The molecule has 0 spiro atoms. The monoisotopic (exact) mass is 422 g/mol. The number of hydrogen-bond acceptors (Lipinski definition) is 4. The summed E-state index contributed by atoms with van der Waals surface area (Å²) < 4.78 is 10.5. The van der Waals surface area contributed by atoms with Gasteiger partial charge >= 0.3 is 0 Å². The molecule has 6 heteroatoms. The number of anilines is 1. The Balaban J connectivity index is 1.49. The fraction of sp³-hybridized carbons (Fsp3) is 0.440. The van der Waals surface area contributed by atoms with Gasteiger partial charge < -0.3 is 19.7 Å². The van der Waals surface area contributed by atoms with E-state index in [1.165, 1.54) is 32.8 Å². The maximum atomic E-state index is 13.3. The summed E-state index contributed by atoms with van der Waals surface area (Å²) >= 11 is 0. The van der Waals surface area contributed by atoms with E-state index in [0.29, 0.717) is 40.3 Å². The first-order valence-corrected chi connectivity index (χ1v) is 11.0. The van der Waals surface area contributed by atoms with Gasteiger partial charge in [0.25, 0.3) is 11.8 Å². The van der Waals surface area contributed by atoms with Gasteiger partial charge in [0.1, 0.15) is 0 Å². The first-order valence-electron chi connectivity index (χ1n) is 11.0. The highest BCUT2D eigenvalue weighted by molar-refractivity contribution is 6.05. The van der Waals surface area contributed by atoms with Gasteiger partial charge in [-0.2, -0.15) is 0 Å². The van der Waals surface area contributed by atoms with Crippen LogP contribution in [0.5, 0.6) is 11.5 Å². The molecule has 1 saturated carbocycles. The number of benzene rings is 2. The van der Waals surface area contributed by atoms with Crippen molar-refractivity contribution in [3.05, 3.63) is 53.6 Å². The second-order valence-corrected chi connectivity index (χ2v) is 8.36. The van der Waals surface area contributed by atoms with Crippen LogP contribution >= 0.6 is 0 Å². The van der Waals surface area contributed by atoms with E-state index in [2.05, 4.69) is 10.2 Å². The number of nitrogens with one attached hydrogen (secondary N) is 1. The van der Waals surface area contributed by atoms with Crippen LogP contribution < -0.4 is 14.8 Å². The van der Waals surface area contributed by atoms with Crippen molar-refractivity contribution in [2.24, 2.45) is 5.92 Å². The van der Waals surface area contributed by atoms with E-state index in [4.69, 9.17) is 9.47 Å². The molecule has 1 saturated heterocycles. The van der Waals surface area contributed by atoms with E-state index < -0.39 is 0 Å². The standard InChI is InChI=1S/C25H30N2O4/c1-30-22-13-12-18(16-23(22)31-2)24(28)26-20-10-5-8-19(15-20)25(29)27-14-6-9-17-7-3-4-11-21(17)27/h5,8,10,12-13,15-17,21H,3-4,6-7,9,11,14H2,1-2H3,(H,26,28)/t17-,21-/m0/s1. The number of hydrogen-bond donors (Lipinski definition) is 1. The highest BCUT2D eigenvalue weighted by atomic mass is 16.5. The maximum absolute atomic E-state index is 13.3. The molecule has 0 bridgehead atoms. The van der Waals surface area contributed by atoms with Crippen LogP contribution in [0.3, 0.4) is 0 Å². The molecular formula is C25H30N2O4. The second-order valence-electron chi connectivity index (χ2n) is 8.36. The summed E-state index contributed by atoms with van der Waals surface area (Å²) in [5, 5.41) is 2.90. The Morgan fingerprint density at radius 2 is 1.68 bits per heavy atom. The Labute approximate surface area is 183 Å². The quantitative estimate of drug-likeness (QED) is 0.755. The molecule has 4 rings (SSSR count). The molecule has 2 aliphatic rings. The summed E-state index contributed by atoms with van der Waals surface area (Å²) in [6.45, 7) is 0.822. The van der Waals surface area contributed by atoms with Crippen LogP contribution in [0.4, 0.5) is 5.69 Å². The van der Waals surface area contributed by atoms with Crippen LogP contribution in [0, 0.1) is 5.92 Å². The van der Waals surface area contributed by atoms with Crippen molar-refractivity contribution in [2.45, 2.75) is 44.6 Å². The van der Waals surface area contributed by atoms with Gasteiger partial charge in [-0.1, -0.05) is 18.9 Å². The van der Waals surface area contributed by atoms with Gasteiger partial charge in [-0.05, 0) is 68.0 Å². The third-order valence-corrected chi connectivity index (χ3v) is 6.52. The number of piperidine rings is 1. The summed E-state index contributed by atoms with van der Waals surface area (Å²) in [5.41, 5.74) is 1.68. The van der Waals surface area contributed by atoms with Crippen LogP contribution in [0.15, 0.2) is 42.5 Å².